The summed E-state index contributed by atoms with van der Waals surface area (Å²) in [5.41, 5.74) is -0.851. The first-order chi connectivity index (χ1) is 9.32. The molecule has 1 saturated heterocycles. The van der Waals surface area contributed by atoms with Gasteiger partial charge in [0, 0.05) is 5.57 Å². The Balaban J connectivity index is 3.14. The fraction of sp³-hybridized carbons (Fsp3) is 0.643. The molecule has 0 amide bonds. The molecule has 1 rings (SSSR count). The topological polar surface area (TPSA) is 78.9 Å². The minimum absolute atomic E-state index is 0.145. The zero-order valence-corrected chi connectivity index (χ0v) is 12.2. The van der Waals surface area contributed by atoms with Crippen LogP contribution >= 0.6 is 0 Å². The molecule has 20 heavy (non-hydrogen) atoms. The number of hydrogen-bond acceptors (Lipinski definition) is 6. The van der Waals surface area contributed by atoms with Crippen molar-refractivity contribution in [2.75, 3.05) is 7.11 Å². The summed E-state index contributed by atoms with van der Waals surface area (Å²) >= 11 is 0. The summed E-state index contributed by atoms with van der Waals surface area (Å²) in [5.74, 6) is -3.04. The SMILES string of the molecule is C=C(C)C(=O)OC1C(=O)OC(CC)(CC)C1C(=O)OC. The molecule has 1 heterocycles. The van der Waals surface area contributed by atoms with Crippen LogP contribution in [0.15, 0.2) is 12.2 Å². The summed E-state index contributed by atoms with van der Waals surface area (Å²) in [4.78, 5) is 35.6. The summed E-state index contributed by atoms with van der Waals surface area (Å²) in [7, 11) is 1.22. The second-order valence-corrected chi connectivity index (χ2v) is 4.80. The van der Waals surface area contributed by atoms with Gasteiger partial charge in [0.1, 0.15) is 11.5 Å². The molecular formula is C14H20O6. The number of carbonyl (C=O) groups is 3. The summed E-state index contributed by atoms with van der Waals surface area (Å²) < 4.78 is 15.1. The maximum atomic E-state index is 12.0. The second-order valence-electron chi connectivity index (χ2n) is 4.80. The van der Waals surface area contributed by atoms with Crippen molar-refractivity contribution >= 4 is 17.9 Å². The van der Waals surface area contributed by atoms with Crippen LogP contribution in [0.1, 0.15) is 33.6 Å². The molecule has 0 saturated carbocycles. The fourth-order valence-electron chi connectivity index (χ4n) is 2.37. The summed E-state index contributed by atoms with van der Waals surface area (Å²) in [5, 5.41) is 0. The Morgan fingerprint density at radius 2 is 1.90 bits per heavy atom. The van der Waals surface area contributed by atoms with Crippen molar-refractivity contribution in [1.82, 2.24) is 0 Å². The highest BCUT2D eigenvalue weighted by atomic mass is 16.6. The van der Waals surface area contributed by atoms with E-state index < -0.39 is 35.5 Å². The van der Waals surface area contributed by atoms with Crippen LogP contribution in [0.25, 0.3) is 0 Å². The van der Waals surface area contributed by atoms with Crippen molar-refractivity contribution in [2.24, 2.45) is 5.92 Å². The van der Waals surface area contributed by atoms with Crippen LogP contribution in [-0.4, -0.2) is 36.7 Å². The van der Waals surface area contributed by atoms with E-state index in [0.717, 1.165) is 0 Å². The van der Waals surface area contributed by atoms with Crippen LogP contribution in [0.2, 0.25) is 0 Å². The lowest BCUT2D eigenvalue weighted by atomic mass is 9.81. The molecular weight excluding hydrogens is 264 g/mol. The number of cyclic esters (lactones) is 1. The predicted molar refractivity (Wildman–Crippen MR) is 69.6 cm³/mol. The molecule has 2 unspecified atom stereocenters. The molecule has 0 N–H and O–H groups in total. The third-order valence-electron chi connectivity index (χ3n) is 3.64. The van der Waals surface area contributed by atoms with Gasteiger partial charge in [-0.1, -0.05) is 20.4 Å². The summed E-state index contributed by atoms with van der Waals surface area (Å²) in [6.45, 7) is 8.51. The van der Waals surface area contributed by atoms with Crippen molar-refractivity contribution < 1.29 is 28.6 Å². The van der Waals surface area contributed by atoms with Crippen LogP contribution in [0.5, 0.6) is 0 Å². The monoisotopic (exact) mass is 284 g/mol. The number of methoxy groups -OCH3 is 1. The molecule has 0 aromatic heterocycles. The Bertz CT molecular complexity index is 435. The zero-order chi connectivity index (χ0) is 15.5. The van der Waals surface area contributed by atoms with Gasteiger partial charge in [-0.2, -0.15) is 0 Å². The highest BCUT2D eigenvalue weighted by molar-refractivity contribution is 5.93. The Labute approximate surface area is 118 Å². The highest BCUT2D eigenvalue weighted by Gasteiger charge is 2.60. The largest absolute Gasteiger partial charge is 0.469 e. The number of esters is 3. The molecule has 0 bridgehead atoms. The number of ether oxygens (including phenoxy) is 3. The van der Waals surface area contributed by atoms with Gasteiger partial charge in [-0.15, -0.1) is 0 Å². The predicted octanol–water partition coefficient (Wildman–Crippen LogP) is 1.38. The van der Waals surface area contributed by atoms with Gasteiger partial charge in [0.05, 0.1) is 7.11 Å². The lowest BCUT2D eigenvalue weighted by Crippen LogP contribution is -2.44. The quantitative estimate of drug-likeness (QED) is 0.431. The first-order valence-corrected chi connectivity index (χ1v) is 6.50. The average molecular weight is 284 g/mol. The molecule has 2 atom stereocenters. The smallest absolute Gasteiger partial charge is 0.349 e. The Kier molecular flexibility index (Phi) is 4.92. The van der Waals surface area contributed by atoms with Crippen LogP contribution in [-0.2, 0) is 28.6 Å². The van der Waals surface area contributed by atoms with E-state index >= 15 is 0 Å². The maximum Gasteiger partial charge on any atom is 0.349 e. The van der Waals surface area contributed by atoms with E-state index in [0.29, 0.717) is 12.8 Å². The molecule has 0 aliphatic carbocycles. The molecule has 6 heteroatoms. The Morgan fingerprint density at radius 3 is 2.30 bits per heavy atom. The molecule has 112 valence electrons. The van der Waals surface area contributed by atoms with E-state index in [4.69, 9.17) is 14.2 Å². The normalized spacial score (nSPS) is 23.9. The standard InChI is InChI=1S/C14H20O6/c1-6-14(7-2)9(12(16)18-5)10(13(17)20-14)19-11(15)8(3)4/h9-10H,3,6-7H2,1-2,4-5H3. The minimum atomic E-state index is -1.29. The molecule has 1 aliphatic rings. The first kappa shape index (κ1) is 16.2. The van der Waals surface area contributed by atoms with E-state index in [-0.39, 0.29) is 5.57 Å². The maximum absolute atomic E-state index is 12.0. The van der Waals surface area contributed by atoms with E-state index in [1.54, 1.807) is 13.8 Å². The van der Waals surface area contributed by atoms with E-state index in [1.165, 1.54) is 14.0 Å². The Hall–Kier alpha value is -1.85. The van der Waals surface area contributed by atoms with Crippen molar-refractivity contribution in [3.05, 3.63) is 12.2 Å². The van der Waals surface area contributed by atoms with Crippen LogP contribution in [0.4, 0.5) is 0 Å². The van der Waals surface area contributed by atoms with E-state index in [2.05, 4.69) is 6.58 Å². The number of carbonyl (C=O) groups excluding carboxylic acids is 3. The molecule has 0 spiro atoms. The van der Waals surface area contributed by atoms with Gasteiger partial charge in [-0.05, 0) is 19.8 Å². The first-order valence-electron chi connectivity index (χ1n) is 6.50. The Morgan fingerprint density at radius 1 is 1.35 bits per heavy atom. The van der Waals surface area contributed by atoms with Crippen molar-refractivity contribution in [3.63, 3.8) is 0 Å². The van der Waals surface area contributed by atoms with Gasteiger partial charge in [0.2, 0.25) is 6.10 Å². The lowest BCUT2D eigenvalue weighted by Gasteiger charge is -2.30. The second kappa shape index (κ2) is 6.07. The van der Waals surface area contributed by atoms with Gasteiger partial charge in [-0.3, -0.25) is 4.79 Å². The highest BCUT2D eigenvalue weighted by Crippen LogP contribution is 2.41. The van der Waals surface area contributed by atoms with Gasteiger partial charge >= 0.3 is 17.9 Å². The summed E-state index contributed by atoms with van der Waals surface area (Å²) in [6, 6.07) is 0. The molecule has 1 fully saturated rings. The van der Waals surface area contributed by atoms with Crippen molar-refractivity contribution in [2.45, 2.75) is 45.3 Å². The lowest BCUT2D eigenvalue weighted by molar-refractivity contribution is -0.162. The van der Waals surface area contributed by atoms with Crippen LogP contribution in [0, 0.1) is 5.92 Å². The number of hydrogen-bond donors (Lipinski definition) is 0. The molecule has 0 aromatic carbocycles. The van der Waals surface area contributed by atoms with Gasteiger partial charge in [0.25, 0.3) is 0 Å². The van der Waals surface area contributed by atoms with Crippen LogP contribution < -0.4 is 0 Å². The minimum Gasteiger partial charge on any atom is -0.469 e. The number of rotatable bonds is 5. The van der Waals surface area contributed by atoms with E-state index in [1.807, 2.05) is 0 Å². The average Bonchev–Trinajstić information content (AvgIpc) is 2.71. The molecule has 1 aliphatic heterocycles. The van der Waals surface area contributed by atoms with Crippen molar-refractivity contribution in [3.8, 4) is 0 Å². The third kappa shape index (κ3) is 2.69. The van der Waals surface area contributed by atoms with Gasteiger partial charge in [0.15, 0.2) is 0 Å². The van der Waals surface area contributed by atoms with Crippen LogP contribution in [0.3, 0.4) is 0 Å². The molecule has 0 aromatic rings. The van der Waals surface area contributed by atoms with Gasteiger partial charge < -0.3 is 14.2 Å². The van der Waals surface area contributed by atoms with Crippen molar-refractivity contribution in [1.29, 1.82) is 0 Å². The zero-order valence-electron chi connectivity index (χ0n) is 12.2. The van der Waals surface area contributed by atoms with E-state index in [9.17, 15) is 14.4 Å². The fourth-order valence-corrected chi connectivity index (χ4v) is 2.37. The molecule has 6 nitrogen and oxygen atoms in total. The summed E-state index contributed by atoms with van der Waals surface area (Å²) in [6.07, 6.45) is -0.432. The third-order valence-corrected chi connectivity index (χ3v) is 3.64. The molecule has 0 radical (unpaired) electrons. The van der Waals surface area contributed by atoms with Gasteiger partial charge in [-0.25, -0.2) is 9.59 Å².